The molecular formula is C19H17F3N2O5S. The van der Waals surface area contributed by atoms with E-state index in [1.54, 1.807) is 0 Å². The van der Waals surface area contributed by atoms with Gasteiger partial charge < -0.3 is 9.84 Å². The van der Waals surface area contributed by atoms with E-state index in [-0.39, 0.29) is 29.6 Å². The quantitative estimate of drug-likeness (QED) is 0.523. The third-order valence-corrected chi connectivity index (χ3v) is 6.07. The minimum atomic E-state index is -4.78. The summed E-state index contributed by atoms with van der Waals surface area (Å²) in [5, 5.41) is 8.71. The Morgan fingerprint density at radius 3 is 2.63 bits per heavy atom. The number of hydrogen-bond donors (Lipinski definition) is 1. The molecule has 2 aromatic rings. The molecule has 0 bridgehead atoms. The first kappa shape index (κ1) is 21.9. The highest BCUT2D eigenvalue weighted by molar-refractivity contribution is 7.89. The van der Waals surface area contributed by atoms with Crippen molar-refractivity contribution in [3.8, 4) is 11.3 Å². The highest BCUT2D eigenvalue weighted by atomic mass is 32.2. The molecule has 0 saturated carbocycles. The zero-order valence-electron chi connectivity index (χ0n) is 15.6. The van der Waals surface area contributed by atoms with Gasteiger partial charge in [-0.1, -0.05) is 6.07 Å². The molecule has 160 valence electrons. The van der Waals surface area contributed by atoms with Crippen LogP contribution >= 0.6 is 0 Å². The van der Waals surface area contributed by atoms with Gasteiger partial charge in [0.15, 0.2) is 0 Å². The number of halogens is 3. The summed E-state index contributed by atoms with van der Waals surface area (Å²) in [6, 6.07) is 6.85. The second-order valence-corrected chi connectivity index (χ2v) is 8.65. The molecule has 2 heterocycles. The smallest absolute Gasteiger partial charge is 0.416 e. The van der Waals surface area contributed by atoms with Crippen LogP contribution in [0.25, 0.3) is 17.3 Å². The summed E-state index contributed by atoms with van der Waals surface area (Å²) in [5.74, 6) is -1.21. The van der Waals surface area contributed by atoms with Gasteiger partial charge in [-0.2, -0.15) is 17.5 Å². The van der Waals surface area contributed by atoms with Crippen molar-refractivity contribution >= 4 is 22.1 Å². The molecule has 1 fully saturated rings. The maximum Gasteiger partial charge on any atom is 0.416 e. The Bertz CT molecular complexity index is 1100. The molecule has 1 aromatic carbocycles. The topological polar surface area (TPSA) is 100 Å². The van der Waals surface area contributed by atoms with E-state index < -0.39 is 32.6 Å². The van der Waals surface area contributed by atoms with Gasteiger partial charge in [0.05, 0.1) is 34.6 Å². The first-order chi connectivity index (χ1) is 14.0. The number of epoxide rings is 1. The van der Waals surface area contributed by atoms with Crippen LogP contribution in [0.15, 0.2) is 47.4 Å². The van der Waals surface area contributed by atoms with Crippen LogP contribution in [0.4, 0.5) is 13.2 Å². The van der Waals surface area contributed by atoms with Crippen molar-refractivity contribution in [3.05, 3.63) is 53.7 Å². The molecule has 1 aliphatic heterocycles. The number of aromatic nitrogens is 1. The van der Waals surface area contributed by atoms with Crippen molar-refractivity contribution in [1.82, 2.24) is 9.29 Å². The van der Waals surface area contributed by atoms with Crippen LogP contribution in [-0.4, -0.2) is 55.1 Å². The van der Waals surface area contributed by atoms with Crippen molar-refractivity contribution in [2.45, 2.75) is 17.2 Å². The second kappa shape index (κ2) is 8.17. The van der Waals surface area contributed by atoms with Crippen LogP contribution in [0.1, 0.15) is 11.3 Å². The molecule has 0 aliphatic carbocycles. The number of ether oxygens (including phenoxy) is 1. The normalized spacial score (nSPS) is 16.9. The van der Waals surface area contributed by atoms with Crippen LogP contribution in [0.5, 0.6) is 0 Å². The Balaban J connectivity index is 2.08. The minimum Gasteiger partial charge on any atom is -0.478 e. The zero-order chi connectivity index (χ0) is 22.1. The number of carboxylic acid groups (broad SMARTS) is 1. The average Bonchev–Trinajstić information content (AvgIpc) is 3.49. The number of hydrogen-bond acceptors (Lipinski definition) is 5. The predicted octanol–water partition coefficient (Wildman–Crippen LogP) is 2.88. The molecule has 7 nitrogen and oxygen atoms in total. The molecule has 11 heteroatoms. The van der Waals surface area contributed by atoms with E-state index in [0.717, 1.165) is 22.5 Å². The summed E-state index contributed by atoms with van der Waals surface area (Å²) in [7, 11) is -2.93. The summed E-state index contributed by atoms with van der Waals surface area (Å²) < 4.78 is 71.9. The number of benzene rings is 1. The number of carboxylic acids is 1. The van der Waals surface area contributed by atoms with Crippen molar-refractivity contribution in [1.29, 1.82) is 0 Å². The van der Waals surface area contributed by atoms with Gasteiger partial charge in [-0.15, -0.1) is 0 Å². The Labute approximate surface area is 170 Å². The predicted molar refractivity (Wildman–Crippen MR) is 101 cm³/mol. The number of aliphatic carboxylic acids is 1. The van der Waals surface area contributed by atoms with Gasteiger partial charge in [0.2, 0.25) is 10.0 Å². The van der Waals surface area contributed by atoms with Crippen LogP contribution in [0, 0.1) is 0 Å². The average molecular weight is 442 g/mol. The maximum atomic E-state index is 13.4. The highest BCUT2D eigenvalue weighted by Crippen LogP contribution is 2.35. The summed E-state index contributed by atoms with van der Waals surface area (Å²) in [4.78, 5) is 14.3. The molecule has 1 aliphatic rings. The zero-order valence-corrected chi connectivity index (χ0v) is 16.4. The Hall–Kier alpha value is -2.76. The molecule has 1 unspecified atom stereocenters. The summed E-state index contributed by atoms with van der Waals surface area (Å²) >= 11 is 0. The lowest BCUT2D eigenvalue weighted by Crippen LogP contribution is -2.30. The number of carbonyl (C=O) groups is 1. The van der Waals surface area contributed by atoms with Crippen molar-refractivity contribution < 1.29 is 36.2 Å². The molecular weight excluding hydrogens is 425 g/mol. The summed E-state index contributed by atoms with van der Waals surface area (Å²) in [5.41, 5.74) is -0.939. The summed E-state index contributed by atoms with van der Waals surface area (Å²) in [6.07, 6.45) is -3.03. The Morgan fingerprint density at radius 1 is 1.33 bits per heavy atom. The van der Waals surface area contributed by atoms with E-state index in [1.165, 1.54) is 31.3 Å². The third kappa shape index (κ3) is 5.23. The van der Waals surface area contributed by atoms with Gasteiger partial charge in [0, 0.05) is 25.2 Å². The second-order valence-electron chi connectivity index (χ2n) is 6.60. The molecule has 0 radical (unpaired) electrons. The first-order valence-corrected chi connectivity index (χ1v) is 10.1. The monoisotopic (exact) mass is 442 g/mol. The first-order valence-electron chi connectivity index (χ1n) is 8.65. The van der Waals surface area contributed by atoms with Crippen molar-refractivity contribution in [2.24, 2.45) is 0 Å². The fraction of sp³-hybridized carbons (Fsp3) is 0.263. The molecule has 1 aromatic heterocycles. The Kier molecular flexibility index (Phi) is 5.97. The highest BCUT2D eigenvalue weighted by Gasteiger charge is 2.35. The van der Waals surface area contributed by atoms with Crippen molar-refractivity contribution in [2.75, 3.05) is 20.2 Å². The van der Waals surface area contributed by atoms with Gasteiger partial charge in [-0.05, 0) is 36.4 Å². The molecule has 0 spiro atoms. The van der Waals surface area contributed by atoms with Gasteiger partial charge in [-0.25, -0.2) is 18.2 Å². The fourth-order valence-corrected chi connectivity index (χ4v) is 3.93. The van der Waals surface area contributed by atoms with E-state index >= 15 is 0 Å². The SMILES string of the molecule is CN(CC1CO1)S(=O)(=O)c1cc(-c2cccc(C=CC(=O)O)n2)cc(C(F)(F)F)c1. The van der Waals surface area contributed by atoms with E-state index in [2.05, 4.69) is 4.98 Å². The van der Waals surface area contributed by atoms with Crippen molar-refractivity contribution in [3.63, 3.8) is 0 Å². The number of likely N-dealkylation sites (N-methyl/N-ethyl adjacent to an activating group) is 1. The van der Waals surface area contributed by atoms with Gasteiger partial charge in [0.1, 0.15) is 0 Å². The number of sulfonamides is 1. The van der Waals surface area contributed by atoms with Crippen LogP contribution in [-0.2, 0) is 25.7 Å². The van der Waals surface area contributed by atoms with E-state index in [0.29, 0.717) is 12.7 Å². The van der Waals surface area contributed by atoms with Crippen LogP contribution in [0.3, 0.4) is 0 Å². The number of nitrogens with zero attached hydrogens (tertiary/aromatic N) is 2. The van der Waals surface area contributed by atoms with Gasteiger partial charge >= 0.3 is 12.1 Å². The molecule has 3 rings (SSSR count). The maximum absolute atomic E-state index is 13.4. The van der Waals surface area contributed by atoms with E-state index in [1.807, 2.05) is 0 Å². The fourth-order valence-electron chi connectivity index (χ4n) is 2.66. The molecule has 1 N–H and O–H groups in total. The molecule has 30 heavy (non-hydrogen) atoms. The molecule has 0 amide bonds. The lowest BCUT2D eigenvalue weighted by Gasteiger charge is -2.18. The van der Waals surface area contributed by atoms with E-state index in [9.17, 15) is 26.4 Å². The molecule has 1 saturated heterocycles. The largest absolute Gasteiger partial charge is 0.478 e. The van der Waals surface area contributed by atoms with Gasteiger partial charge in [0.25, 0.3) is 0 Å². The van der Waals surface area contributed by atoms with E-state index in [4.69, 9.17) is 9.84 Å². The standard InChI is InChI=1S/C19H17F3N2O5S/c1-24(10-15-11-29-15)30(27,28)16-8-12(7-13(9-16)19(20,21)22)17-4-2-3-14(23-17)5-6-18(25)26/h2-9,15H,10-11H2,1H3,(H,25,26). The Morgan fingerprint density at radius 2 is 2.03 bits per heavy atom. The number of alkyl halides is 3. The van der Waals surface area contributed by atoms with Crippen LogP contribution < -0.4 is 0 Å². The lowest BCUT2D eigenvalue weighted by atomic mass is 10.1. The minimum absolute atomic E-state index is 0.0294. The lowest BCUT2D eigenvalue weighted by molar-refractivity contribution is -0.137. The number of pyridine rings is 1. The van der Waals surface area contributed by atoms with Crippen LogP contribution in [0.2, 0.25) is 0 Å². The molecule has 1 atom stereocenters. The number of rotatable bonds is 7. The summed E-state index contributed by atoms with van der Waals surface area (Å²) in [6.45, 7) is 0.426. The third-order valence-electron chi connectivity index (χ3n) is 4.27. The van der Waals surface area contributed by atoms with Gasteiger partial charge in [-0.3, -0.25) is 0 Å².